The van der Waals surface area contributed by atoms with Crippen molar-refractivity contribution in [3.8, 4) is 0 Å². The molecule has 1 saturated carbocycles. The van der Waals surface area contributed by atoms with Gasteiger partial charge in [-0.2, -0.15) is 0 Å². The Morgan fingerprint density at radius 3 is 1.88 bits per heavy atom. The van der Waals surface area contributed by atoms with Gasteiger partial charge in [0.15, 0.2) is 0 Å². The smallest absolute Gasteiger partial charge is 0.319 e. The Morgan fingerprint density at radius 2 is 1.62 bits per heavy atom. The summed E-state index contributed by atoms with van der Waals surface area (Å²) >= 11 is 1.62. The molecule has 0 aromatic rings. The third-order valence-electron chi connectivity index (χ3n) is 3.27. The largest absolute Gasteiger partial charge is 0.480 e. The molecule has 0 aromatic heterocycles. The van der Waals surface area contributed by atoms with Crippen molar-refractivity contribution < 1.29 is 9.90 Å². The highest BCUT2D eigenvalue weighted by Crippen LogP contribution is 2.57. The zero-order valence-corrected chi connectivity index (χ0v) is 12.1. The second kappa shape index (κ2) is 3.94. The van der Waals surface area contributed by atoms with E-state index < -0.39 is 10.7 Å². The van der Waals surface area contributed by atoms with Crippen LogP contribution in [-0.4, -0.2) is 20.6 Å². The molecular formula is C13H24O2S. The molecule has 1 rings (SSSR count). The van der Waals surface area contributed by atoms with Crippen molar-refractivity contribution >= 4 is 17.7 Å². The number of carboxylic acid groups (broad SMARTS) is 1. The molecule has 1 aliphatic carbocycles. The number of thioether (sulfide) groups is 1. The van der Waals surface area contributed by atoms with Gasteiger partial charge in [0, 0.05) is 4.75 Å². The Labute approximate surface area is 103 Å². The summed E-state index contributed by atoms with van der Waals surface area (Å²) in [5.41, 5.74) is 0.234. The molecule has 1 fully saturated rings. The van der Waals surface area contributed by atoms with E-state index >= 15 is 0 Å². The zero-order chi connectivity index (χ0) is 12.8. The lowest BCUT2D eigenvalue weighted by Gasteiger charge is -2.51. The fourth-order valence-corrected chi connectivity index (χ4v) is 4.06. The second-order valence-corrected chi connectivity index (χ2v) is 9.20. The van der Waals surface area contributed by atoms with Gasteiger partial charge in [0.2, 0.25) is 0 Å². The third kappa shape index (κ3) is 2.93. The van der Waals surface area contributed by atoms with Crippen LogP contribution < -0.4 is 0 Å². The van der Waals surface area contributed by atoms with Crippen LogP contribution in [0.5, 0.6) is 0 Å². The second-order valence-electron chi connectivity index (χ2n) is 6.99. The molecule has 0 amide bonds. The van der Waals surface area contributed by atoms with E-state index in [1.54, 1.807) is 11.8 Å². The standard InChI is InChI=1S/C13H24O2S/c1-11(2,3)9-7-13(8-9,10(14)15)16-12(4,5)6/h9H,7-8H2,1-6H3,(H,14,15). The van der Waals surface area contributed by atoms with Crippen molar-refractivity contribution in [1.82, 2.24) is 0 Å². The zero-order valence-electron chi connectivity index (χ0n) is 11.3. The van der Waals surface area contributed by atoms with Crippen LogP contribution in [0.15, 0.2) is 0 Å². The lowest BCUT2D eigenvalue weighted by Crippen LogP contribution is -2.53. The first-order chi connectivity index (χ1) is 6.96. The van der Waals surface area contributed by atoms with Crippen LogP contribution in [0.1, 0.15) is 54.4 Å². The summed E-state index contributed by atoms with van der Waals surface area (Å²) in [6.07, 6.45) is 1.63. The Morgan fingerprint density at radius 1 is 1.19 bits per heavy atom. The number of carbonyl (C=O) groups is 1. The fraction of sp³-hybridized carbons (Fsp3) is 0.923. The molecule has 94 valence electrons. The molecule has 2 nitrogen and oxygen atoms in total. The Bertz CT molecular complexity index is 277. The molecule has 1 N–H and O–H groups in total. The summed E-state index contributed by atoms with van der Waals surface area (Å²) < 4.78 is -0.516. The van der Waals surface area contributed by atoms with Gasteiger partial charge < -0.3 is 5.11 Å². The lowest BCUT2D eigenvalue weighted by molar-refractivity contribution is -0.145. The molecule has 0 atom stereocenters. The quantitative estimate of drug-likeness (QED) is 0.803. The van der Waals surface area contributed by atoms with Crippen molar-refractivity contribution in [3.05, 3.63) is 0 Å². The molecule has 0 aliphatic heterocycles. The van der Waals surface area contributed by atoms with Gasteiger partial charge in [0.1, 0.15) is 4.75 Å². The lowest BCUT2D eigenvalue weighted by atomic mass is 9.62. The molecule has 0 heterocycles. The van der Waals surface area contributed by atoms with E-state index in [-0.39, 0.29) is 10.2 Å². The number of hydrogen-bond donors (Lipinski definition) is 1. The van der Waals surface area contributed by atoms with E-state index in [1.165, 1.54) is 0 Å². The van der Waals surface area contributed by atoms with Gasteiger partial charge in [-0.25, -0.2) is 0 Å². The number of hydrogen-bond acceptors (Lipinski definition) is 2. The summed E-state index contributed by atoms with van der Waals surface area (Å²) in [7, 11) is 0. The Kier molecular flexibility index (Phi) is 3.41. The predicted molar refractivity (Wildman–Crippen MR) is 69.9 cm³/mol. The van der Waals surface area contributed by atoms with Gasteiger partial charge in [-0.05, 0) is 24.2 Å². The summed E-state index contributed by atoms with van der Waals surface area (Å²) in [6, 6.07) is 0. The molecule has 1 aliphatic rings. The summed E-state index contributed by atoms with van der Waals surface area (Å²) in [5.74, 6) is -0.0913. The summed E-state index contributed by atoms with van der Waals surface area (Å²) in [4.78, 5) is 11.4. The monoisotopic (exact) mass is 244 g/mol. The Balaban J connectivity index is 2.73. The molecule has 0 bridgehead atoms. The van der Waals surface area contributed by atoms with Crippen molar-refractivity contribution in [3.63, 3.8) is 0 Å². The van der Waals surface area contributed by atoms with Crippen molar-refractivity contribution in [2.45, 2.75) is 63.9 Å². The highest BCUT2D eigenvalue weighted by molar-refractivity contribution is 8.02. The van der Waals surface area contributed by atoms with Gasteiger partial charge in [0.05, 0.1) is 0 Å². The molecule has 0 radical (unpaired) electrons. The first-order valence-electron chi connectivity index (χ1n) is 5.90. The van der Waals surface area contributed by atoms with Crippen LogP contribution in [0.25, 0.3) is 0 Å². The van der Waals surface area contributed by atoms with E-state index in [4.69, 9.17) is 0 Å². The van der Waals surface area contributed by atoms with Crippen LogP contribution in [0, 0.1) is 11.3 Å². The minimum atomic E-state index is -0.632. The molecule has 0 unspecified atom stereocenters. The maximum absolute atomic E-state index is 11.4. The number of aliphatic carboxylic acids is 1. The number of carboxylic acids is 1. The molecule has 0 aromatic carbocycles. The molecular weight excluding hydrogens is 220 g/mol. The van der Waals surface area contributed by atoms with Crippen LogP contribution in [0.4, 0.5) is 0 Å². The minimum absolute atomic E-state index is 0.0151. The first kappa shape index (κ1) is 13.9. The van der Waals surface area contributed by atoms with Gasteiger partial charge in [-0.1, -0.05) is 41.5 Å². The SMILES string of the molecule is CC(C)(C)SC1(C(=O)O)CC(C(C)(C)C)C1. The average Bonchev–Trinajstić information content (AvgIpc) is 1.90. The fourth-order valence-electron chi connectivity index (χ4n) is 2.24. The van der Waals surface area contributed by atoms with E-state index in [1.807, 2.05) is 0 Å². The molecule has 0 saturated heterocycles. The highest BCUT2D eigenvalue weighted by atomic mass is 32.2. The number of rotatable bonds is 2. The maximum Gasteiger partial charge on any atom is 0.319 e. The molecule has 0 spiro atoms. The van der Waals surface area contributed by atoms with Gasteiger partial charge >= 0.3 is 5.97 Å². The maximum atomic E-state index is 11.4. The first-order valence-corrected chi connectivity index (χ1v) is 6.71. The highest BCUT2D eigenvalue weighted by Gasteiger charge is 2.55. The summed E-state index contributed by atoms with van der Waals surface area (Å²) in [5, 5.41) is 9.41. The van der Waals surface area contributed by atoms with Crippen LogP contribution in [0.2, 0.25) is 0 Å². The van der Waals surface area contributed by atoms with Gasteiger partial charge in [-0.15, -0.1) is 11.8 Å². The molecule has 3 heteroatoms. The van der Waals surface area contributed by atoms with Gasteiger partial charge in [-0.3, -0.25) is 4.79 Å². The average molecular weight is 244 g/mol. The van der Waals surface area contributed by atoms with Crippen molar-refractivity contribution in [2.75, 3.05) is 0 Å². The van der Waals surface area contributed by atoms with Crippen LogP contribution in [0.3, 0.4) is 0 Å². The topological polar surface area (TPSA) is 37.3 Å². The van der Waals surface area contributed by atoms with E-state index in [0.29, 0.717) is 5.92 Å². The predicted octanol–water partition coefficient (Wildman–Crippen LogP) is 3.80. The van der Waals surface area contributed by atoms with E-state index in [0.717, 1.165) is 12.8 Å². The summed E-state index contributed by atoms with van der Waals surface area (Å²) in [6.45, 7) is 12.9. The normalized spacial score (nSPS) is 31.0. The van der Waals surface area contributed by atoms with Crippen molar-refractivity contribution in [2.24, 2.45) is 11.3 Å². The van der Waals surface area contributed by atoms with Crippen LogP contribution >= 0.6 is 11.8 Å². The van der Waals surface area contributed by atoms with E-state index in [2.05, 4.69) is 41.5 Å². The Hall–Kier alpha value is -0.180. The third-order valence-corrected chi connectivity index (χ3v) is 4.78. The van der Waals surface area contributed by atoms with Crippen molar-refractivity contribution in [1.29, 1.82) is 0 Å². The van der Waals surface area contributed by atoms with E-state index in [9.17, 15) is 9.90 Å². The van der Waals surface area contributed by atoms with Crippen LogP contribution in [-0.2, 0) is 4.79 Å². The minimum Gasteiger partial charge on any atom is -0.480 e. The van der Waals surface area contributed by atoms with Gasteiger partial charge in [0.25, 0.3) is 0 Å². The molecule has 16 heavy (non-hydrogen) atoms.